The molecule has 0 radical (unpaired) electrons. The molecule has 0 amide bonds. The highest BCUT2D eigenvalue weighted by molar-refractivity contribution is 7.89. The van der Waals surface area contributed by atoms with E-state index in [0.717, 1.165) is 45.2 Å². The first-order valence-corrected chi connectivity index (χ1v) is 10.6. The number of hydrogen-bond acceptors (Lipinski definition) is 3. The molecule has 4 rings (SSSR count). The molecule has 132 valence electrons. The summed E-state index contributed by atoms with van der Waals surface area (Å²) >= 11 is 0. The van der Waals surface area contributed by atoms with Gasteiger partial charge < -0.3 is 4.90 Å². The van der Waals surface area contributed by atoms with E-state index in [0.29, 0.717) is 11.4 Å². The molecule has 0 saturated heterocycles. The molecule has 0 aromatic heterocycles. The molecule has 1 heterocycles. The molecule has 4 nitrogen and oxygen atoms in total. The van der Waals surface area contributed by atoms with Crippen molar-refractivity contribution in [2.24, 2.45) is 0 Å². The van der Waals surface area contributed by atoms with E-state index in [4.69, 9.17) is 0 Å². The third-order valence-electron chi connectivity index (χ3n) is 5.26. The Bertz CT molecular complexity index is 877. The summed E-state index contributed by atoms with van der Waals surface area (Å²) in [5.74, 6) is 0. The first kappa shape index (κ1) is 16.6. The second kappa shape index (κ2) is 6.81. The van der Waals surface area contributed by atoms with Gasteiger partial charge in [-0.3, -0.25) is 0 Å². The van der Waals surface area contributed by atoms with Crippen LogP contribution in [0.15, 0.2) is 47.4 Å². The van der Waals surface area contributed by atoms with Crippen molar-refractivity contribution in [1.82, 2.24) is 4.72 Å². The van der Waals surface area contributed by atoms with Crippen molar-refractivity contribution in [3.63, 3.8) is 0 Å². The number of nitrogens with one attached hydrogen (secondary N) is 1. The van der Waals surface area contributed by atoms with Crippen LogP contribution in [0.2, 0.25) is 0 Å². The summed E-state index contributed by atoms with van der Waals surface area (Å²) in [6.45, 7) is 2.37. The van der Waals surface area contributed by atoms with Gasteiger partial charge in [0, 0.05) is 25.3 Å². The predicted octanol–water partition coefficient (Wildman–Crippen LogP) is 2.91. The fourth-order valence-electron chi connectivity index (χ4n) is 3.91. The van der Waals surface area contributed by atoms with Gasteiger partial charge in [-0.05, 0) is 67.0 Å². The summed E-state index contributed by atoms with van der Waals surface area (Å²) in [5, 5.41) is 0. The summed E-state index contributed by atoms with van der Waals surface area (Å²) in [7, 11) is -3.41. The van der Waals surface area contributed by atoms with Crippen LogP contribution in [0.3, 0.4) is 0 Å². The molecule has 0 bridgehead atoms. The van der Waals surface area contributed by atoms with Gasteiger partial charge in [-0.15, -0.1) is 0 Å². The van der Waals surface area contributed by atoms with E-state index in [1.807, 2.05) is 12.1 Å². The Morgan fingerprint density at radius 2 is 1.80 bits per heavy atom. The van der Waals surface area contributed by atoms with Gasteiger partial charge in [0.1, 0.15) is 0 Å². The monoisotopic (exact) mass is 356 g/mol. The second-order valence-corrected chi connectivity index (χ2v) is 8.67. The van der Waals surface area contributed by atoms with Crippen molar-refractivity contribution in [2.75, 3.05) is 24.5 Å². The molecule has 1 aliphatic carbocycles. The van der Waals surface area contributed by atoms with Crippen LogP contribution >= 0.6 is 0 Å². The van der Waals surface area contributed by atoms with Gasteiger partial charge in [0.15, 0.2) is 0 Å². The van der Waals surface area contributed by atoms with Crippen LogP contribution in [0, 0.1) is 0 Å². The fourth-order valence-corrected chi connectivity index (χ4v) is 5.04. The number of nitrogens with zero attached hydrogens (tertiary/aromatic N) is 1. The van der Waals surface area contributed by atoms with Crippen LogP contribution in [0.1, 0.15) is 29.5 Å². The minimum Gasteiger partial charge on any atom is -0.371 e. The van der Waals surface area contributed by atoms with Crippen molar-refractivity contribution < 1.29 is 8.42 Å². The number of hydrogen-bond donors (Lipinski definition) is 1. The lowest BCUT2D eigenvalue weighted by Gasteiger charge is -2.19. The summed E-state index contributed by atoms with van der Waals surface area (Å²) in [6, 6.07) is 14.0. The standard InChI is InChI=1S/C20H24N2O2S/c23-25(24,19-10-9-16-6-3-7-18(16)15-19)21-12-4-13-22-14-11-17-5-1-2-8-20(17)22/h1-2,5,8-10,15,21H,3-4,6-7,11-14H2. The molecule has 0 spiro atoms. The topological polar surface area (TPSA) is 49.4 Å². The van der Waals surface area contributed by atoms with E-state index in [9.17, 15) is 8.42 Å². The van der Waals surface area contributed by atoms with E-state index < -0.39 is 10.0 Å². The minimum atomic E-state index is -3.41. The number of rotatable bonds is 6. The van der Waals surface area contributed by atoms with Gasteiger partial charge in [0.2, 0.25) is 10.0 Å². The number of anilines is 1. The number of fused-ring (bicyclic) bond motifs is 2. The largest absolute Gasteiger partial charge is 0.371 e. The molecule has 0 fully saturated rings. The molecule has 1 N–H and O–H groups in total. The van der Waals surface area contributed by atoms with Crippen LogP contribution in [0.5, 0.6) is 0 Å². The van der Waals surface area contributed by atoms with Crippen LogP contribution < -0.4 is 9.62 Å². The third-order valence-corrected chi connectivity index (χ3v) is 6.72. The smallest absolute Gasteiger partial charge is 0.240 e. The zero-order valence-electron chi connectivity index (χ0n) is 14.4. The minimum absolute atomic E-state index is 0.402. The van der Waals surface area contributed by atoms with Gasteiger partial charge >= 0.3 is 0 Å². The van der Waals surface area contributed by atoms with Crippen molar-refractivity contribution in [3.05, 3.63) is 59.2 Å². The maximum absolute atomic E-state index is 12.5. The number of benzene rings is 2. The third kappa shape index (κ3) is 3.44. The average molecular weight is 356 g/mol. The van der Waals surface area contributed by atoms with Crippen LogP contribution in [0.4, 0.5) is 5.69 Å². The molecule has 0 unspecified atom stereocenters. The Morgan fingerprint density at radius 3 is 2.72 bits per heavy atom. The highest BCUT2D eigenvalue weighted by atomic mass is 32.2. The molecule has 0 saturated carbocycles. The van der Waals surface area contributed by atoms with Gasteiger partial charge in [-0.2, -0.15) is 0 Å². The lowest BCUT2D eigenvalue weighted by Crippen LogP contribution is -2.29. The van der Waals surface area contributed by atoms with E-state index >= 15 is 0 Å². The first-order chi connectivity index (χ1) is 12.1. The molecular weight excluding hydrogens is 332 g/mol. The number of aryl methyl sites for hydroxylation is 2. The molecule has 1 aliphatic heterocycles. The Balaban J connectivity index is 1.33. The van der Waals surface area contributed by atoms with E-state index in [1.165, 1.54) is 22.4 Å². The highest BCUT2D eigenvalue weighted by Gasteiger charge is 2.20. The molecule has 5 heteroatoms. The fraction of sp³-hybridized carbons (Fsp3) is 0.400. The van der Waals surface area contributed by atoms with Crippen molar-refractivity contribution in [3.8, 4) is 0 Å². The molecule has 2 aromatic carbocycles. The lowest BCUT2D eigenvalue weighted by atomic mass is 10.1. The lowest BCUT2D eigenvalue weighted by molar-refractivity contribution is 0.578. The second-order valence-electron chi connectivity index (χ2n) is 6.90. The maximum atomic E-state index is 12.5. The van der Waals surface area contributed by atoms with E-state index in [-0.39, 0.29) is 0 Å². The quantitative estimate of drug-likeness (QED) is 0.810. The van der Waals surface area contributed by atoms with Gasteiger partial charge in [-0.25, -0.2) is 13.1 Å². The summed E-state index contributed by atoms with van der Waals surface area (Å²) in [6.07, 6.45) is 5.08. The van der Waals surface area contributed by atoms with Gasteiger partial charge in [0.05, 0.1) is 4.90 Å². The van der Waals surface area contributed by atoms with Crippen LogP contribution in [-0.4, -0.2) is 28.1 Å². The molecular formula is C20H24N2O2S. The summed E-state index contributed by atoms with van der Waals surface area (Å²) < 4.78 is 27.8. The number of sulfonamides is 1. The molecule has 2 aromatic rings. The SMILES string of the molecule is O=S(=O)(NCCCN1CCc2ccccc21)c1ccc2c(c1)CCC2. The zero-order chi connectivity index (χ0) is 17.3. The molecule has 25 heavy (non-hydrogen) atoms. The normalized spacial score (nSPS) is 16.1. The van der Waals surface area contributed by atoms with Crippen molar-refractivity contribution >= 4 is 15.7 Å². The predicted molar refractivity (Wildman–Crippen MR) is 101 cm³/mol. The Morgan fingerprint density at radius 1 is 0.960 bits per heavy atom. The van der Waals surface area contributed by atoms with Crippen molar-refractivity contribution in [1.29, 1.82) is 0 Å². The highest BCUT2D eigenvalue weighted by Crippen LogP contribution is 2.27. The number of para-hydroxylation sites is 1. The average Bonchev–Trinajstić information content (AvgIpc) is 3.25. The van der Waals surface area contributed by atoms with Crippen LogP contribution in [-0.2, 0) is 29.3 Å². The summed E-state index contributed by atoms with van der Waals surface area (Å²) in [5.41, 5.74) is 5.17. The molecule has 2 aliphatic rings. The van der Waals surface area contributed by atoms with Crippen LogP contribution in [0.25, 0.3) is 0 Å². The Labute approximate surface area is 149 Å². The molecule has 0 atom stereocenters. The van der Waals surface area contributed by atoms with E-state index in [2.05, 4.69) is 33.9 Å². The Kier molecular flexibility index (Phi) is 4.52. The Hall–Kier alpha value is -1.85. The van der Waals surface area contributed by atoms with Crippen molar-refractivity contribution in [2.45, 2.75) is 37.0 Å². The van der Waals surface area contributed by atoms with Gasteiger partial charge in [-0.1, -0.05) is 24.3 Å². The van der Waals surface area contributed by atoms with Gasteiger partial charge in [0.25, 0.3) is 0 Å². The first-order valence-electron chi connectivity index (χ1n) is 9.08. The zero-order valence-corrected chi connectivity index (χ0v) is 15.2. The summed E-state index contributed by atoms with van der Waals surface area (Å²) in [4.78, 5) is 2.75. The van der Waals surface area contributed by atoms with E-state index in [1.54, 1.807) is 6.07 Å². The maximum Gasteiger partial charge on any atom is 0.240 e.